The fourth-order valence-corrected chi connectivity index (χ4v) is 4.91. The fourth-order valence-electron chi connectivity index (χ4n) is 3.22. The first-order valence-corrected chi connectivity index (χ1v) is 11.4. The van der Waals surface area contributed by atoms with Crippen molar-refractivity contribution >= 4 is 13.7 Å². The van der Waals surface area contributed by atoms with Crippen LogP contribution in [-0.4, -0.2) is 50.1 Å². The van der Waals surface area contributed by atoms with Crippen molar-refractivity contribution in [1.82, 2.24) is 14.6 Å². The number of halogens is 1. The number of nitrogens with zero attached hydrogens (tertiary/aromatic N) is 1. The minimum absolute atomic E-state index is 0.138. The number of nitrogens with one attached hydrogen (secondary N) is 2. The molecule has 3 rings (SSSR count). The summed E-state index contributed by atoms with van der Waals surface area (Å²) in [5.74, 6) is -2.38. The number of ether oxygens (including phenoxy) is 1. The standard InChI is InChI=1S/C19H23FN3O9P/c1-10(18(26)27)22-33(29,32-12-6-4-3-5-7-12)31-11(2)16-14(24)8-15(30-16)23-9-13(20)17(25)21-19(23)28/h3-7,9-11,14-16,24H,8H2,1-2H3,(H,22,29)(H,26,27)(H,21,25,28)/t10?,11?,14-,15+,16+,33-/m0/s1. The number of carbonyl (C=O) groups is 1. The summed E-state index contributed by atoms with van der Waals surface area (Å²) in [5.41, 5.74) is -2.14. The van der Waals surface area contributed by atoms with Gasteiger partial charge >= 0.3 is 19.4 Å². The van der Waals surface area contributed by atoms with Crippen molar-refractivity contribution in [3.05, 3.63) is 63.2 Å². The lowest BCUT2D eigenvalue weighted by Gasteiger charge is -2.28. The number of hydrogen-bond donors (Lipinski definition) is 4. The third kappa shape index (κ3) is 5.95. The first kappa shape index (κ1) is 24.8. The number of benzene rings is 1. The van der Waals surface area contributed by atoms with Crippen LogP contribution < -0.4 is 20.9 Å². The van der Waals surface area contributed by atoms with Crippen molar-refractivity contribution in [3.8, 4) is 5.75 Å². The van der Waals surface area contributed by atoms with Gasteiger partial charge in [0.2, 0.25) is 5.82 Å². The second kappa shape index (κ2) is 9.98. The number of para-hydroxylation sites is 1. The lowest BCUT2D eigenvalue weighted by molar-refractivity contribution is -0.138. The molecule has 1 aromatic heterocycles. The fraction of sp³-hybridized carbons (Fsp3) is 0.421. The van der Waals surface area contributed by atoms with Gasteiger partial charge in [-0.25, -0.2) is 9.36 Å². The van der Waals surface area contributed by atoms with Crippen LogP contribution in [0.1, 0.15) is 26.5 Å². The Morgan fingerprint density at radius 2 is 2.00 bits per heavy atom. The average molecular weight is 487 g/mol. The van der Waals surface area contributed by atoms with Crippen LogP contribution >= 0.6 is 7.75 Å². The molecule has 0 amide bonds. The third-order valence-electron chi connectivity index (χ3n) is 4.83. The monoisotopic (exact) mass is 487 g/mol. The molecule has 0 aliphatic carbocycles. The van der Waals surface area contributed by atoms with Crippen molar-refractivity contribution in [2.24, 2.45) is 0 Å². The van der Waals surface area contributed by atoms with Crippen LogP contribution in [0.15, 0.2) is 46.1 Å². The summed E-state index contributed by atoms with van der Waals surface area (Å²) in [6.07, 6.45) is -4.15. The summed E-state index contributed by atoms with van der Waals surface area (Å²) >= 11 is 0. The molecule has 2 aromatic rings. The summed E-state index contributed by atoms with van der Waals surface area (Å²) in [7, 11) is -4.30. The van der Waals surface area contributed by atoms with E-state index >= 15 is 0 Å². The van der Waals surface area contributed by atoms with Crippen molar-refractivity contribution in [1.29, 1.82) is 0 Å². The van der Waals surface area contributed by atoms with Gasteiger partial charge in [0.1, 0.15) is 24.1 Å². The largest absolute Gasteiger partial charge is 0.480 e. The molecule has 0 saturated carbocycles. The molecule has 0 bridgehead atoms. The van der Waals surface area contributed by atoms with Crippen LogP contribution in [0.2, 0.25) is 0 Å². The molecule has 2 heterocycles. The predicted molar refractivity (Wildman–Crippen MR) is 111 cm³/mol. The van der Waals surface area contributed by atoms with Gasteiger partial charge in [-0.1, -0.05) is 18.2 Å². The number of aliphatic hydroxyl groups excluding tert-OH is 1. The SMILES string of the molecule is CC(N[P@@](=O)(Oc1ccccc1)OC(C)[C@H]1O[C@@H](n2cc(F)c(=O)[nH]c2=O)C[C@@H]1O)C(=O)O. The third-order valence-corrected chi connectivity index (χ3v) is 6.59. The number of rotatable bonds is 9. The Hall–Kier alpha value is -2.83. The van der Waals surface area contributed by atoms with Crippen LogP contribution in [-0.2, 0) is 18.6 Å². The lowest BCUT2D eigenvalue weighted by atomic mass is 10.1. The van der Waals surface area contributed by atoms with E-state index in [0.29, 0.717) is 6.20 Å². The van der Waals surface area contributed by atoms with Crippen LogP contribution in [0.4, 0.5) is 4.39 Å². The number of hydrogen-bond acceptors (Lipinski definition) is 8. The molecule has 1 aromatic carbocycles. The van der Waals surface area contributed by atoms with Crippen molar-refractivity contribution in [2.75, 3.05) is 0 Å². The van der Waals surface area contributed by atoms with Crippen LogP contribution in [0.25, 0.3) is 0 Å². The highest BCUT2D eigenvalue weighted by atomic mass is 31.2. The molecule has 12 nitrogen and oxygen atoms in total. The van der Waals surface area contributed by atoms with Gasteiger partial charge in [-0.05, 0) is 26.0 Å². The van der Waals surface area contributed by atoms with Gasteiger partial charge in [-0.2, -0.15) is 9.48 Å². The Balaban J connectivity index is 1.80. The molecule has 180 valence electrons. The molecule has 1 fully saturated rings. The average Bonchev–Trinajstić information content (AvgIpc) is 3.12. The van der Waals surface area contributed by atoms with Crippen LogP contribution in [0.5, 0.6) is 5.75 Å². The molecule has 33 heavy (non-hydrogen) atoms. The van der Waals surface area contributed by atoms with Crippen molar-refractivity contribution < 1.29 is 37.7 Å². The number of carboxylic acids is 1. The van der Waals surface area contributed by atoms with E-state index in [4.69, 9.17) is 13.8 Å². The highest BCUT2D eigenvalue weighted by molar-refractivity contribution is 7.52. The maximum Gasteiger partial charge on any atom is 0.459 e. The van der Waals surface area contributed by atoms with Gasteiger partial charge in [-0.3, -0.25) is 23.7 Å². The van der Waals surface area contributed by atoms with E-state index in [1.807, 2.05) is 0 Å². The van der Waals surface area contributed by atoms with E-state index < -0.39 is 61.4 Å². The van der Waals surface area contributed by atoms with E-state index in [2.05, 4.69) is 5.09 Å². The smallest absolute Gasteiger partial charge is 0.459 e. The van der Waals surface area contributed by atoms with Gasteiger partial charge < -0.3 is 19.5 Å². The minimum Gasteiger partial charge on any atom is -0.480 e. The molecule has 0 radical (unpaired) electrons. The zero-order valence-corrected chi connectivity index (χ0v) is 18.5. The van der Waals surface area contributed by atoms with Crippen LogP contribution in [0.3, 0.4) is 0 Å². The predicted octanol–water partition coefficient (Wildman–Crippen LogP) is 0.979. The first-order chi connectivity index (χ1) is 15.5. The topological polar surface area (TPSA) is 169 Å². The normalized spacial score (nSPS) is 24.1. The molecule has 1 saturated heterocycles. The van der Waals surface area contributed by atoms with Gasteiger partial charge in [0.25, 0.3) is 5.56 Å². The van der Waals surface area contributed by atoms with Gasteiger partial charge in [0.15, 0.2) is 0 Å². The molecule has 2 unspecified atom stereocenters. The lowest BCUT2D eigenvalue weighted by Crippen LogP contribution is -2.39. The quantitative estimate of drug-likeness (QED) is 0.374. The molecule has 6 atom stereocenters. The summed E-state index contributed by atoms with van der Waals surface area (Å²) in [4.78, 5) is 36.3. The first-order valence-electron chi connectivity index (χ1n) is 9.87. The zero-order valence-electron chi connectivity index (χ0n) is 17.6. The van der Waals surface area contributed by atoms with Gasteiger partial charge in [0, 0.05) is 6.42 Å². The minimum atomic E-state index is -4.30. The Morgan fingerprint density at radius 1 is 1.33 bits per heavy atom. The Morgan fingerprint density at radius 3 is 2.64 bits per heavy atom. The number of aliphatic carboxylic acids is 1. The number of aliphatic hydroxyl groups is 1. The maximum atomic E-state index is 13.6. The van der Waals surface area contributed by atoms with E-state index in [0.717, 1.165) is 4.57 Å². The summed E-state index contributed by atoms with van der Waals surface area (Å²) in [6.45, 7) is 2.64. The second-order valence-electron chi connectivity index (χ2n) is 7.40. The van der Waals surface area contributed by atoms with Crippen LogP contribution in [0, 0.1) is 5.82 Å². The van der Waals surface area contributed by atoms with Crippen molar-refractivity contribution in [3.63, 3.8) is 0 Å². The molecule has 1 aliphatic heterocycles. The molecule has 14 heteroatoms. The van der Waals surface area contributed by atoms with E-state index in [-0.39, 0.29) is 12.2 Å². The summed E-state index contributed by atoms with van der Waals surface area (Å²) < 4.78 is 44.3. The molecular weight excluding hydrogens is 464 g/mol. The molecular formula is C19H23FN3O9P. The molecule has 0 spiro atoms. The van der Waals surface area contributed by atoms with E-state index in [1.165, 1.54) is 26.0 Å². The van der Waals surface area contributed by atoms with E-state index in [1.54, 1.807) is 23.2 Å². The Labute approximate surface area is 186 Å². The highest BCUT2D eigenvalue weighted by Crippen LogP contribution is 2.47. The Bertz CT molecular complexity index is 1160. The Kier molecular flexibility index (Phi) is 7.50. The van der Waals surface area contributed by atoms with Crippen molar-refractivity contribution in [2.45, 2.75) is 50.8 Å². The molecule has 1 aliphatic rings. The van der Waals surface area contributed by atoms with E-state index in [9.17, 15) is 33.6 Å². The van der Waals surface area contributed by atoms with Gasteiger partial charge in [0.05, 0.1) is 18.4 Å². The molecule has 4 N–H and O–H groups in total. The van der Waals surface area contributed by atoms with Gasteiger partial charge in [-0.15, -0.1) is 0 Å². The summed E-state index contributed by atoms with van der Waals surface area (Å²) in [6, 6.07) is 6.58. The highest BCUT2D eigenvalue weighted by Gasteiger charge is 2.43. The number of carboxylic acid groups (broad SMARTS) is 1. The maximum absolute atomic E-state index is 13.6. The zero-order chi connectivity index (χ0) is 24.3. The number of aromatic nitrogens is 2. The number of H-pyrrole nitrogens is 1. The number of aromatic amines is 1. The summed E-state index contributed by atoms with van der Waals surface area (Å²) in [5, 5.41) is 21.9. The second-order valence-corrected chi connectivity index (χ2v) is 9.05.